The van der Waals surface area contributed by atoms with E-state index in [1.807, 2.05) is 0 Å². The molecule has 9 heteroatoms. The first-order chi connectivity index (χ1) is 19.2. The molecule has 2 saturated carbocycles. The van der Waals surface area contributed by atoms with Crippen molar-refractivity contribution in [3.8, 4) is 0 Å². The fraction of sp³-hybridized carbons (Fsp3) is 0.516. The first-order valence-corrected chi connectivity index (χ1v) is 14.4. The monoisotopic (exact) mass is 554 g/mol. The van der Waals surface area contributed by atoms with Crippen LogP contribution in [0.1, 0.15) is 91.5 Å². The van der Waals surface area contributed by atoms with Crippen molar-refractivity contribution in [1.29, 1.82) is 0 Å². The van der Waals surface area contributed by atoms with E-state index in [9.17, 15) is 22.8 Å². The number of pyridine rings is 1. The summed E-state index contributed by atoms with van der Waals surface area (Å²) in [7, 11) is 0. The zero-order valence-corrected chi connectivity index (χ0v) is 22.7. The molecule has 5 rings (SSSR count). The Morgan fingerprint density at radius 3 is 2.33 bits per heavy atom. The number of alkyl halides is 3. The number of hydrogen-bond donors (Lipinski definition) is 2. The molecule has 214 valence electrons. The fourth-order valence-electron chi connectivity index (χ4n) is 6.35. The second-order valence-electron chi connectivity index (χ2n) is 11.5. The minimum atomic E-state index is -4.38. The molecule has 0 spiro atoms. The quantitative estimate of drug-likeness (QED) is 0.347. The van der Waals surface area contributed by atoms with Gasteiger partial charge < -0.3 is 10.6 Å². The van der Waals surface area contributed by atoms with Crippen LogP contribution >= 0.6 is 0 Å². The maximum Gasteiger partial charge on any atom is 0.416 e. The van der Waals surface area contributed by atoms with Crippen molar-refractivity contribution in [2.75, 3.05) is 13.1 Å². The van der Waals surface area contributed by atoms with E-state index >= 15 is 0 Å². The number of aromatic nitrogens is 2. The Balaban J connectivity index is 1.24. The molecule has 6 nitrogen and oxygen atoms in total. The molecular formula is C31H37F3N4O2. The SMILES string of the molecule is O=C(Cc1cn2c(C(=O)NCC3CCCCC3)cccc2n1)NCC1(c2ccc(C(F)(F)F)cc2)CCCCC1. The summed E-state index contributed by atoms with van der Waals surface area (Å²) in [6, 6.07) is 10.7. The van der Waals surface area contributed by atoms with Crippen molar-refractivity contribution in [3.63, 3.8) is 0 Å². The van der Waals surface area contributed by atoms with Crippen LogP contribution in [0.5, 0.6) is 0 Å². The molecule has 3 aromatic rings. The minimum Gasteiger partial charge on any atom is -0.355 e. The van der Waals surface area contributed by atoms with Gasteiger partial charge in [0.2, 0.25) is 5.91 Å². The zero-order valence-electron chi connectivity index (χ0n) is 22.7. The predicted octanol–water partition coefficient (Wildman–Crippen LogP) is 6.22. The third-order valence-corrected chi connectivity index (χ3v) is 8.65. The highest BCUT2D eigenvalue weighted by molar-refractivity contribution is 5.93. The molecule has 1 aromatic carbocycles. The van der Waals surface area contributed by atoms with Gasteiger partial charge in [0.15, 0.2) is 0 Å². The number of rotatable bonds is 8. The molecule has 40 heavy (non-hydrogen) atoms. The lowest BCUT2D eigenvalue weighted by Gasteiger charge is -2.38. The maximum absolute atomic E-state index is 13.1. The van der Waals surface area contributed by atoms with Crippen molar-refractivity contribution in [1.82, 2.24) is 20.0 Å². The summed E-state index contributed by atoms with van der Waals surface area (Å²) in [4.78, 5) is 30.5. The third-order valence-electron chi connectivity index (χ3n) is 8.65. The maximum atomic E-state index is 13.1. The molecule has 2 amide bonds. The lowest BCUT2D eigenvalue weighted by molar-refractivity contribution is -0.137. The van der Waals surface area contributed by atoms with Gasteiger partial charge in [-0.3, -0.25) is 14.0 Å². The molecule has 0 saturated heterocycles. The number of imidazole rings is 1. The Hall–Kier alpha value is -3.36. The number of nitrogens with zero attached hydrogens (tertiary/aromatic N) is 2. The van der Waals surface area contributed by atoms with Crippen molar-refractivity contribution in [2.45, 2.75) is 82.2 Å². The second-order valence-corrected chi connectivity index (χ2v) is 11.5. The van der Waals surface area contributed by atoms with Crippen LogP contribution in [-0.2, 0) is 22.8 Å². The van der Waals surface area contributed by atoms with E-state index < -0.39 is 11.7 Å². The molecule has 2 aliphatic rings. The molecule has 0 radical (unpaired) electrons. The van der Waals surface area contributed by atoms with Gasteiger partial charge in [-0.15, -0.1) is 0 Å². The highest BCUT2D eigenvalue weighted by atomic mass is 19.4. The molecule has 0 bridgehead atoms. The Kier molecular flexibility index (Phi) is 8.47. The number of carbonyl (C=O) groups is 2. The van der Waals surface area contributed by atoms with E-state index in [4.69, 9.17) is 0 Å². The number of fused-ring (bicyclic) bond motifs is 1. The number of nitrogens with one attached hydrogen (secondary N) is 2. The Labute approximate surface area is 232 Å². The van der Waals surface area contributed by atoms with Crippen molar-refractivity contribution < 1.29 is 22.8 Å². The molecular weight excluding hydrogens is 517 g/mol. The Morgan fingerprint density at radius 1 is 0.925 bits per heavy atom. The average Bonchev–Trinajstić information content (AvgIpc) is 3.38. The fourth-order valence-corrected chi connectivity index (χ4v) is 6.35. The normalized spacial score (nSPS) is 18.0. The van der Waals surface area contributed by atoms with Crippen LogP contribution in [0, 0.1) is 5.92 Å². The van der Waals surface area contributed by atoms with E-state index in [0.29, 0.717) is 36.0 Å². The second kappa shape index (κ2) is 12.0. The van der Waals surface area contributed by atoms with Gasteiger partial charge in [0.25, 0.3) is 5.91 Å². The highest BCUT2D eigenvalue weighted by Crippen LogP contribution is 2.40. The van der Waals surface area contributed by atoms with Crippen LogP contribution < -0.4 is 10.6 Å². The van der Waals surface area contributed by atoms with Gasteiger partial charge in [-0.25, -0.2) is 4.98 Å². The summed E-state index contributed by atoms with van der Waals surface area (Å²) in [5.74, 6) is 0.165. The minimum absolute atomic E-state index is 0.0495. The molecule has 2 N–H and O–H groups in total. The van der Waals surface area contributed by atoms with Crippen LogP contribution in [0.2, 0.25) is 0 Å². The standard InChI is InChI=1S/C31H37F3N4O2/c32-31(33,34)24-14-12-23(13-15-24)30(16-5-2-6-17-30)21-36-28(39)18-25-20-38-26(10-7-11-27(38)37-25)29(40)35-19-22-8-3-1-4-9-22/h7,10-15,20,22H,1-6,8-9,16-19,21H2,(H,35,40)(H,36,39). The summed E-state index contributed by atoms with van der Waals surface area (Å²) in [6.45, 7) is 1.03. The molecule has 2 fully saturated rings. The summed E-state index contributed by atoms with van der Waals surface area (Å²) < 4.78 is 41.0. The van der Waals surface area contributed by atoms with Gasteiger partial charge in [0.05, 0.1) is 17.7 Å². The number of benzene rings is 1. The highest BCUT2D eigenvalue weighted by Gasteiger charge is 2.36. The van der Waals surface area contributed by atoms with Crippen molar-refractivity contribution >= 4 is 17.5 Å². The Bertz CT molecular complexity index is 1320. The van der Waals surface area contributed by atoms with Crippen LogP contribution in [0.25, 0.3) is 5.65 Å². The zero-order chi connectivity index (χ0) is 28.2. The smallest absolute Gasteiger partial charge is 0.355 e. The molecule has 0 atom stereocenters. The van der Waals surface area contributed by atoms with Gasteiger partial charge >= 0.3 is 6.18 Å². The summed E-state index contributed by atoms with van der Waals surface area (Å²) >= 11 is 0. The van der Waals surface area contributed by atoms with Crippen LogP contribution in [0.15, 0.2) is 48.7 Å². The largest absolute Gasteiger partial charge is 0.416 e. The van der Waals surface area contributed by atoms with Gasteiger partial charge in [0.1, 0.15) is 11.3 Å². The van der Waals surface area contributed by atoms with Crippen LogP contribution in [0.4, 0.5) is 13.2 Å². The van der Waals surface area contributed by atoms with Crippen LogP contribution in [-0.4, -0.2) is 34.3 Å². The van der Waals surface area contributed by atoms with E-state index in [-0.39, 0.29) is 23.7 Å². The van der Waals surface area contributed by atoms with Gasteiger partial charge in [0, 0.05) is 24.7 Å². The van der Waals surface area contributed by atoms with E-state index in [1.54, 1.807) is 40.9 Å². The summed E-state index contributed by atoms with van der Waals surface area (Å²) in [6.07, 6.45) is 8.04. The van der Waals surface area contributed by atoms with Crippen molar-refractivity contribution in [2.24, 2.45) is 5.92 Å². The average molecular weight is 555 g/mol. The molecule has 0 aliphatic heterocycles. The molecule has 2 aromatic heterocycles. The molecule has 2 aliphatic carbocycles. The summed E-state index contributed by atoms with van der Waals surface area (Å²) in [5, 5.41) is 6.10. The van der Waals surface area contributed by atoms with Gasteiger partial charge in [-0.2, -0.15) is 13.2 Å². The first-order valence-electron chi connectivity index (χ1n) is 14.4. The summed E-state index contributed by atoms with van der Waals surface area (Å²) in [5.41, 5.74) is 1.41. The first kappa shape index (κ1) is 28.2. The molecule has 2 heterocycles. The third kappa shape index (κ3) is 6.50. The topological polar surface area (TPSA) is 75.5 Å². The van der Waals surface area contributed by atoms with E-state index in [2.05, 4.69) is 15.6 Å². The van der Waals surface area contributed by atoms with Crippen molar-refractivity contribution in [3.05, 3.63) is 71.2 Å². The number of hydrogen-bond acceptors (Lipinski definition) is 3. The van der Waals surface area contributed by atoms with Gasteiger partial charge in [-0.1, -0.05) is 56.7 Å². The Morgan fingerprint density at radius 2 is 1.62 bits per heavy atom. The van der Waals surface area contributed by atoms with E-state index in [1.165, 1.54) is 19.3 Å². The predicted molar refractivity (Wildman–Crippen MR) is 147 cm³/mol. The van der Waals surface area contributed by atoms with Gasteiger partial charge in [-0.05, 0) is 61.4 Å². The molecule has 0 unspecified atom stereocenters. The van der Waals surface area contributed by atoms with E-state index in [0.717, 1.165) is 62.6 Å². The number of halogens is 3. The lowest BCUT2D eigenvalue weighted by atomic mass is 9.69. The number of amides is 2. The van der Waals surface area contributed by atoms with Crippen LogP contribution in [0.3, 0.4) is 0 Å². The number of carbonyl (C=O) groups excluding carboxylic acids is 2. The lowest BCUT2D eigenvalue weighted by Crippen LogP contribution is -2.42.